The monoisotopic (exact) mass is 341 g/mol. The van der Waals surface area contributed by atoms with Gasteiger partial charge in [0, 0.05) is 19.2 Å². The number of methoxy groups -OCH3 is 1. The Morgan fingerprint density at radius 2 is 2.14 bits per heavy atom. The zero-order valence-corrected chi connectivity index (χ0v) is 13.8. The Labute approximate surface area is 136 Å². The molecule has 1 aromatic heterocycles. The van der Waals surface area contributed by atoms with Crippen LogP contribution in [0.4, 0.5) is 9.52 Å². The van der Waals surface area contributed by atoms with Crippen LogP contribution in [0.3, 0.4) is 0 Å². The summed E-state index contributed by atoms with van der Waals surface area (Å²) in [6.45, 7) is 3.04. The Morgan fingerprint density at radius 3 is 2.82 bits per heavy atom. The van der Waals surface area contributed by atoms with Gasteiger partial charge in [0.2, 0.25) is 5.13 Å². The summed E-state index contributed by atoms with van der Waals surface area (Å²) < 4.78 is 18.5. The number of ketones is 1. The Bertz CT molecular complexity index is 619. The van der Waals surface area contributed by atoms with Crippen LogP contribution in [-0.2, 0) is 4.74 Å². The molecule has 0 aliphatic heterocycles. The van der Waals surface area contributed by atoms with Gasteiger partial charge in [0.15, 0.2) is 10.1 Å². The number of thioether (sulfide) groups is 1. The van der Waals surface area contributed by atoms with Crippen molar-refractivity contribution in [2.75, 3.05) is 25.6 Å². The van der Waals surface area contributed by atoms with Crippen molar-refractivity contribution in [3.63, 3.8) is 0 Å². The molecule has 118 valence electrons. The summed E-state index contributed by atoms with van der Waals surface area (Å²) in [4.78, 5) is 12.3. The van der Waals surface area contributed by atoms with Crippen LogP contribution < -0.4 is 5.32 Å². The predicted molar refractivity (Wildman–Crippen MR) is 86.3 cm³/mol. The van der Waals surface area contributed by atoms with Gasteiger partial charge >= 0.3 is 0 Å². The van der Waals surface area contributed by atoms with E-state index in [0.29, 0.717) is 28.2 Å². The normalized spacial score (nSPS) is 12.1. The molecule has 1 unspecified atom stereocenters. The molecular weight excluding hydrogens is 325 g/mol. The molecule has 22 heavy (non-hydrogen) atoms. The zero-order chi connectivity index (χ0) is 15.9. The molecule has 0 bridgehead atoms. The molecule has 0 saturated heterocycles. The van der Waals surface area contributed by atoms with Crippen molar-refractivity contribution in [3.05, 3.63) is 35.6 Å². The molecule has 0 saturated carbocycles. The van der Waals surface area contributed by atoms with Crippen molar-refractivity contribution in [3.8, 4) is 0 Å². The third-order valence-corrected chi connectivity index (χ3v) is 4.83. The van der Waals surface area contributed by atoms with Gasteiger partial charge in [0.05, 0.1) is 11.9 Å². The van der Waals surface area contributed by atoms with Gasteiger partial charge in [0.1, 0.15) is 5.82 Å². The molecule has 0 aliphatic carbocycles. The summed E-state index contributed by atoms with van der Waals surface area (Å²) in [5.74, 6) is -0.415. The van der Waals surface area contributed by atoms with Gasteiger partial charge in [0.25, 0.3) is 0 Å². The molecule has 0 radical (unpaired) electrons. The van der Waals surface area contributed by atoms with Gasteiger partial charge in [-0.15, -0.1) is 10.2 Å². The van der Waals surface area contributed by atoms with E-state index in [4.69, 9.17) is 4.74 Å². The zero-order valence-electron chi connectivity index (χ0n) is 12.2. The maximum atomic E-state index is 12.9. The van der Waals surface area contributed by atoms with E-state index in [1.165, 1.54) is 47.4 Å². The Morgan fingerprint density at radius 1 is 1.41 bits per heavy atom. The van der Waals surface area contributed by atoms with E-state index in [1.54, 1.807) is 14.0 Å². The van der Waals surface area contributed by atoms with Crippen LogP contribution in [0.25, 0.3) is 0 Å². The van der Waals surface area contributed by atoms with E-state index in [0.717, 1.165) is 0 Å². The van der Waals surface area contributed by atoms with E-state index in [9.17, 15) is 9.18 Å². The van der Waals surface area contributed by atoms with Crippen LogP contribution in [0.1, 0.15) is 17.3 Å². The molecule has 0 fully saturated rings. The minimum atomic E-state index is -0.354. The highest BCUT2D eigenvalue weighted by atomic mass is 32.2. The van der Waals surface area contributed by atoms with Crippen LogP contribution >= 0.6 is 23.1 Å². The summed E-state index contributed by atoms with van der Waals surface area (Å²) in [5, 5.41) is 11.5. The number of halogens is 1. The highest BCUT2D eigenvalue weighted by Gasteiger charge is 2.18. The average molecular weight is 341 g/mol. The maximum absolute atomic E-state index is 12.9. The lowest BCUT2D eigenvalue weighted by molar-refractivity contribution is 0.0994. The summed E-state index contributed by atoms with van der Waals surface area (Å²) in [6.07, 6.45) is 0. The fraction of sp³-hybridized carbons (Fsp3) is 0.357. The average Bonchev–Trinajstić information content (AvgIpc) is 2.95. The molecule has 1 atom stereocenters. The second-order valence-electron chi connectivity index (χ2n) is 4.42. The highest BCUT2D eigenvalue weighted by molar-refractivity contribution is 8.02. The predicted octanol–water partition coefficient (Wildman–Crippen LogP) is 3.10. The van der Waals surface area contributed by atoms with E-state index >= 15 is 0 Å². The van der Waals surface area contributed by atoms with Gasteiger partial charge in [-0.2, -0.15) is 0 Å². The fourth-order valence-electron chi connectivity index (χ4n) is 1.64. The molecule has 0 amide bonds. The molecule has 0 aliphatic rings. The van der Waals surface area contributed by atoms with Crippen molar-refractivity contribution >= 4 is 34.0 Å². The number of carbonyl (C=O) groups is 1. The number of Topliss-reactive ketones (excluding diaryl/α,β-unsaturated/α-hetero) is 1. The topological polar surface area (TPSA) is 64.1 Å². The summed E-state index contributed by atoms with van der Waals surface area (Å²) in [5.41, 5.74) is 0.490. The van der Waals surface area contributed by atoms with Gasteiger partial charge in [-0.25, -0.2) is 4.39 Å². The second-order valence-corrected chi connectivity index (χ2v) is 6.99. The number of hydrogen-bond donors (Lipinski definition) is 1. The van der Waals surface area contributed by atoms with E-state index in [-0.39, 0.29) is 16.9 Å². The Balaban J connectivity index is 1.92. The molecule has 1 heterocycles. The largest absolute Gasteiger partial charge is 0.383 e. The number of carbonyl (C=O) groups excluding carboxylic acids is 1. The van der Waals surface area contributed by atoms with Gasteiger partial charge < -0.3 is 10.1 Å². The van der Waals surface area contributed by atoms with Crippen LogP contribution in [0.2, 0.25) is 0 Å². The van der Waals surface area contributed by atoms with Gasteiger partial charge in [-0.05, 0) is 31.2 Å². The number of nitrogens with one attached hydrogen (secondary N) is 1. The quantitative estimate of drug-likeness (QED) is 0.452. The lowest BCUT2D eigenvalue weighted by atomic mass is 10.1. The fourth-order valence-corrected chi connectivity index (χ4v) is 3.64. The van der Waals surface area contributed by atoms with Gasteiger partial charge in [-0.3, -0.25) is 4.79 Å². The summed E-state index contributed by atoms with van der Waals surface area (Å²) in [6, 6.07) is 5.56. The molecule has 1 aromatic carbocycles. The standard InChI is InChI=1S/C14H16FN3O2S2/c1-9(12(19)10-3-5-11(15)6-4-10)21-14-18-17-13(22-14)16-7-8-20-2/h3-6,9H,7-8H2,1-2H3,(H,16,17). The first-order valence-corrected chi connectivity index (χ1v) is 8.32. The number of benzene rings is 1. The Kier molecular flexibility index (Phi) is 6.29. The molecule has 2 rings (SSSR count). The SMILES string of the molecule is COCCNc1nnc(SC(C)C(=O)c2ccc(F)cc2)s1. The molecule has 8 heteroatoms. The minimum absolute atomic E-state index is 0.0610. The molecule has 0 spiro atoms. The van der Waals surface area contributed by atoms with Crippen molar-refractivity contribution in [2.24, 2.45) is 0 Å². The lowest BCUT2D eigenvalue weighted by Crippen LogP contribution is -2.13. The first-order chi connectivity index (χ1) is 10.6. The third kappa shape index (κ3) is 4.75. The van der Waals surface area contributed by atoms with Crippen molar-refractivity contribution < 1.29 is 13.9 Å². The van der Waals surface area contributed by atoms with Crippen molar-refractivity contribution in [1.82, 2.24) is 10.2 Å². The van der Waals surface area contributed by atoms with E-state index in [2.05, 4.69) is 15.5 Å². The molecule has 5 nitrogen and oxygen atoms in total. The smallest absolute Gasteiger partial charge is 0.206 e. The molecule has 1 N–H and O–H groups in total. The van der Waals surface area contributed by atoms with Crippen LogP contribution in [0.15, 0.2) is 28.6 Å². The van der Waals surface area contributed by atoms with Crippen molar-refractivity contribution in [1.29, 1.82) is 0 Å². The van der Waals surface area contributed by atoms with Crippen molar-refractivity contribution in [2.45, 2.75) is 16.5 Å². The van der Waals surface area contributed by atoms with Crippen LogP contribution in [0.5, 0.6) is 0 Å². The number of hydrogen-bond acceptors (Lipinski definition) is 7. The summed E-state index contributed by atoms with van der Waals surface area (Å²) >= 11 is 2.73. The number of ether oxygens (including phenoxy) is 1. The lowest BCUT2D eigenvalue weighted by Gasteiger charge is -2.07. The van der Waals surface area contributed by atoms with Crippen LogP contribution in [0, 0.1) is 5.82 Å². The first-order valence-electron chi connectivity index (χ1n) is 6.63. The third-order valence-electron chi connectivity index (χ3n) is 2.76. The summed E-state index contributed by atoms with van der Waals surface area (Å²) in [7, 11) is 1.63. The molecular formula is C14H16FN3O2S2. The van der Waals surface area contributed by atoms with Gasteiger partial charge in [-0.1, -0.05) is 23.1 Å². The second kappa shape index (κ2) is 8.21. The number of aromatic nitrogens is 2. The highest BCUT2D eigenvalue weighted by Crippen LogP contribution is 2.30. The first kappa shape index (κ1) is 16.9. The number of nitrogens with zero attached hydrogens (tertiary/aromatic N) is 2. The van der Waals surface area contributed by atoms with E-state index < -0.39 is 0 Å². The number of anilines is 1. The number of rotatable bonds is 8. The van der Waals surface area contributed by atoms with E-state index in [1.807, 2.05) is 0 Å². The molecule has 2 aromatic rings. The van der Waals surface area contributed by atoms with Crippen LogP contribution in [-0.4, -0.2) is 41.5 Å². The minimum Gasteiger partial charge on any atom is -0.383 e. The Hall–Kier alpha value is -1.51. The maximum Gasteiger partial charge on any atom is 0.206 e.